The Morgan fingerprint density at radius 3 is 2.68 bits per heavy atom. The van der Waals surface area contributed by atoms with E-state index in [-0.39, 0.29) is 28.2 Å². The molecule has 1 aromatic rings. The van der Waals surface area contributed by atoms with Crippen LogP contribution >= 0.6 is 0 Å². The number of benzene rings is 1. The molecular weight excluding hydrogens is 320 g/mol. The molecule has 1 aliphatic carbocycles. The lowest BCUT2D eigenvalue weighted by molar-refractivity contribution is -0.119. The fraction of sp³-hybridized carbons (Fsp3) is 0.316. The van der Waals surface area contributed by atoms with Crippen molar-refractivity contribution in [1.29, 1.82) is 5.26 Å². The highest BCUT2D eigenvalue weighted by Crippen LogP contribution is 2.48. The molecule has 1 aliphatic heterocycles. The van der Waals surface area contributed by atoms with Crippen LogP contribution in [0.5, 0.6) is 0 Å². The van der Waals surface area contributed by atoms with Gasteiger partial charge in [-0.25, -0.2) is 4.79 Å². The van der Waals surface area contributed by atoms with Gasteiger partial charge >= 0.3 is 5.97 Å². The van der Waals surface area contributed by atoms with Gasteiger partial charge in [-0.2, -0.15) is 5.26 Å². The number of ether oxygens (including phenoxy) is 1. The van der Waals surface area contributed by atoms with E-state index in [1.54, 1.807) is 18.2 Å². The molecule has 0 aromatic heterocycles. The van der Waals surface area contributed by atoms with E-state index >= 15 is 0 Å². The van der Waals surface area contributed by atoms with Crippen LogP contribution in [0.2, 0.25) is 0 Å². The van der Waals surface area contributed by atoms with E-state index in [0.717, 1.165) is 0 Å². The summed E-state index contributed by atoms with van der Waals surface area (Å²) >= 11 is 0. The maximum Gasteiger partial charge on any atom is 0.335 e. The van der Waals surface area contributed by atoms with Gasteiger partial charge in [0.25, 0.3) is 0 Å². The number of nitrogens with zero attached hydrogens (tertiary/aromatic N) is 1. The molecule has 0 bridgehead atoms. The smallest absolute Gasteiger partial charge is 0.335 e. The van der Waals surface area contributed by atoms with Crippen LogP contribution in [0, 0.1) is 16.7 Å². The zero-order valence-electron chi connectivity index (χ0n) is 14.0. The first kappa shape index (κ1) is 16.8. The molecular formula is C19H18N2O4. The van der Waals surface area contributed by atoms with Crippen molar-refractivity contribution in [2.45, 2.75) is 32.6 Å². The van der Waals surface area contributed by atoms with Gasteiger partial charge in [-0.3, -0.25) is 4.79 Å². The molecule has 6 nitrogen and oxygen atoms in total. The van der Waals surface area contributed by atoms with Crippen LogP contribution in [-0.4, -0.2) is 16.9 Å². The van der Waals surface area contributed by atoms with Crippen LogP contribution in [0.3, 0.4) is 0 Å². The maximum atomic E-state index is 12.8. The van der Waals surface area contributed by atoms with Gasteiger partial charge in [0.2, 0.25) is 5.88 Å². The van der Waals surface area contributed by atoms with Gasteiger partial charge in [-0.15, -0.1) is 0 Å². The predicted octanol–water partition coefficient (Wildman–Crippen LogP) is 2.84. The number of carbonyl (C=O) groups is 2. The van der Waals surface area contributed by atoms with Crippen molar-refractivity contribution < 1.29 is 19.4 Å². The molecule has 1 heterocycles. The van der Waals surface area contributed by atoms with Crippen LogP contribution in [-0.2, 0) is 9.53 Å². The summed E-state index contributed by atoms with van der Waals surface area (Å²) < 4.78 is 5.60. The van der Waals surface area contributed by atoms with Crippen molar-refractivity contribution in [3.8, 4) is 6.07 Å². The summed E-state index contributed by atoms with van der Waals surface area (Å²) in [5.74, 6) is -1.72. The number of hydrogen-bond acceptors (Lipinski definition) is 5. The average molecular weight is 338 g/mol. The Kier molecular flexibility index (Phi) is 3.88. The Bertz CT molecular complexity index is 887. The number of carboxylic acids is 1. The molecule has 3 N–H and O–H groups in total. The lowest BCUT2D eigenvalue weighted by Crippen LogP contribution is -2.34. The van der Waals surface area contributed by atoms with Crippen LogP contribution < -0.4 is 5.73 Å². The zero-order chi connectivity index (χ0) is 18.4. The number of ketones is 1. The van der Waals surface area contributed by atoms with Crippen LogP contribution in [0.15, 0.2) is 47.1 Å². The van der Waals surface area contributed by atoms with Crippen LogP contribution in [0.4, 0.5) is 0 Å². The molecule has 0 saturated carbocycles. The second-order valence-corrected chi connectivity index (χ2v) is 7.10. The average Bonchev–Trinajstić information content (AvgIpc) is 2.52. The van der Waals surface area contributed by atoms with Crippen LogP contribution in [0.1, 0.15) is 48.5 Å². The molecule has 1 atom stereocenters. The molecule has 128 valence electrons. The fourth-order valence-electron chi connectivity index (χ4n) is 3.54. The Morgan fingerprint density at radius 2 is 2.04 bits per heavy atom. The molecule has 25 heavy (non-hydrogen) atoms. The summed E-state index contributed by atoms with van der Waals surface area (Å²) in [6.45, 7) is 3.91. The fourth-order valence-corrected chi connectivity index (χ4v) is 3.54. The summed E-state index contributed by atoms with van der Waals surface area (Å²) in [6.07, 6.45) is 0.804. The van der Waals surface area contributed by atoms with E-state index in [4.69, 9.17) is 10.5 Å². The van der Waals surface area contributed by atoms with E-state index in [1.807, 2.05) is 19.9 Å². The largest absolute Gasteiger partial charge is 0.478 e. The minimum atomic E-state index is -1.12. The lowest BCUT2D eigenvalue weighted by atomic mass is 9.70. The summed E-state index contributed by atoms with van der Waals surface area (Å²) in [5.41, 5.74) is 6.48. The van der Waals surface area contributed by atoms with Gasteiger partial charge in [-0.1, -0.05) is 32.0 Å². The van der Waals surface area contributed by atoms with Crippen LogP contribution in [0.25, 0.3) is 0 Å². The number of allylic oxidation sites excluding steroid dienone is 3. The van der Waals surface area contributed by atoms with Crippen molar-refractivity contribution in [2.24, 2.45) is 11.1 Å². The summed E-state index contributed by atoms with van der Waals surface area (Å²) in [4.78, 5) is 24.4. The number of aromatic carboxylic acids is 1. The summed E-state index contributed by atoms with van der Waals surface area (Å²) in [7, 11) is 0. The molecule has 6 heteroatoms. The molecule has 1 unspecified atom stereocenters. The van der Waals surface area contributed by atoms with E-state index in [0.29, 0.717) is 29.7 Å². The number of nitriles is 1. The second-order valence-electron chi connectivity index (χ2n) is 7.10. The summed E-state index contributed by atoms with van der Waals surface area (Å²) in [5, 5.41) is 19.1. The van der Waals surface area contributed by atoms with Crippen molar-refractivity contribution in [3.05, 3.63) is 58.2 Å². The molecule has 1 aromatic carbocycles. The van der Waals surface area contributed by atoms with Crippen molar-refractivity contribution in [3.63, 3.8) is 0 Å². The minimum absolute atomic E-state index is 0.0411. The van der Waals surface area contributed by atoms with Gasteiger partial charge in [0.1, 0.15) is 17.4 Å². The summed E-state index contributed by atoms with van der Waals surface area (Å²) in [6, 6.07) is 8.34. The highest BCUT2D eigenvalue weighted by molar-refractivity contribution is 6.01. The van der Waals surface area contributed by atoms with Gasteiger partial charge < -0.3 is 15.6 Å². The van der Waals surface area contributed by atoms with Crippen molar-refractivity contribution >= 4 is 11.8 Å². The van der Waals surface area contributed by atoms with Gasteiger partial charge in [0.05, 0.1) is 11.5 Å². The first-order valence-corrected chi connectivity index (χ1v) is 7.91. The molecule has 3 rings (SSSR count). The van der Waals surface area contributed by atoms with E-state index in [1.165, 1.54) is 6.07 Å². The Balaban J connectivity index is 2.26. The zero-order valence-corrected chi connectivity index (χ0v) is 14.0. The quantitative estimate of drug-likeness (QED) is 0.857. The van der Waals surface area contributed by atoms with Gasteiger partial charge in [0.15, 0.2) is 5.78 Å². The molecule has 0 saturated heterocycles. The lowest BCUT2D eigenvalue weighted by Gasteiger charge is -2.37. The number of Topliss-reactive ketones (excluding diaryl/α,β-unsaturated/α-hetero) is 1. The Morgan fingerprint density at radius 1 is 1.36 bits per heavy atom. The molecule has 0 radical (unpaired) electrons. The van der Waals surface area contributed by atoms with Gasteiger partial charge in [0, 0.05) is 18.4 Å². The predicted molar refractivity (Wildman–Crippen MR) is 89.1 cm³/mol. The van der Waals surface area contributed by atoms with E-state index in [2.05, 4.69) is 0 Å². The first-order chi connectivity index (χ1) is 11.7. The molecule has 0 amide bonds. The standard InChI is InChI=1S/C19H18N2O4/c1-19(2)7-13(22)16-14(8-19)25-17(21)12(9-20)15(16)10-5-3-4-6-11(10)18(23)24/h3-6,15H,7-8,21H2,1-2H3,(H,23,24). The third-order valence-electron chi connectivity index (χ3n) is 4.58. The van der Waals surface area contributed by atoms with E-state index in [9.17, 15) is 20.0 Å². The maximum absolute atomic E-state index is 12.8. The number of carbonyl (C=O) groups excluding carboxylic acids is 1. The number of hydrogen-bond donors (Lipinski definition) is 2. The third kappa shape index (κ3) is 2.78. The first-order valence-electron chi connectivity index (χ1n) is 7.91. The van der Waals surface area contributed by atoms with E-state index < -0.39 is 11.9 Å². The molecule has 0 fully saturated rings. The highest BCUT2D eigenvalue weighted by atomic mass is 16.5. The normalized spacial score (nSPS) is 22.1. The number of carboxylic acid groups (broad SMARTS) is 1. The van der Waals surface area contributed by atoms with Crippen molar-refractivity contribution in [1.82, 2.24) is 0 Å². The minimum Gasteiger partial charge on any atom is -0.478 e. The Labute approximate surface area is 145 Å². The second kappa shape index (κ2) is 5.78. The topological polar surface area (TPSA) is 113 Å². The highest BCUT2D eigenvalue weighted by Gasteiger charge is 2.43. The third-order valence-corrected chi connectivity index (χ3v) is 4.58. The number of nitrogens with two attached hydrogens (primary N) is 1. The van der Waals surface area contributed by atoms with Crippen molar-refractivity contribution in [2.75, 3.05) is 0 Å². The monoisotopic (exact) mass is 338 g/mol. The van der Waals surface area contributed by atoms with Gasteiger partial charge in [-0.05, 0) is 17.0 Å². The molecule has 2 aliphatic rings. The Hall–Kier alpha value is -3.07. The molecule has 0 spiro atoms. The number of rotatable bonds is 2. The SMILES string of the molecule is CC1(C)CC(=O)C2=C(C1)OC(N)=C(C#N)C2c1ccccc1C(=O)O.